The summed E-state index contributed by atoms with van der Waals surface area (Å²) < 4.78 is 0. The lowest BCUT2D eigenvalue weighted by Crippen LogP contribution is -2.30. The van der Waals surface area contributed by atoms with Gasteiger partial charge in [-0.1, -0.05) is 200 Å². The Bertz CT molecular complexity index is 2910. The summed E-state index contributed by atoms with van der Waals surface area (Å²) in [6.07, 6.45) is 7.93. The average molecular weight is 769 g/mol. The largest absolute Gasteiger partial charge is 0.334 e. The Morgan fingerprint density at radius 3 is 1.47 bits per heavy atom. The topological polar surface area (TPSA) is 6.48 Å². The van der Waals surface area contributed by atoms with Crippen LogP contribution >= 0.6 is 0 Å². The fourth-order valence-electron chi connectivity index (χ4n) is 8.58. The van der Waals surface area contributed by atoms with Gasteiger partial charge in [-0.2, -0.15) is 0 Å². The fourth-order valence-corrected chi connectivity index (χ4v) is 8.58. The minimum Gasteiger partial charge on any atom is -0.334 e. The van der Waals surface area contributed by atoms with E-state index in [1.54, 1.807) is 0 Å². The molecule has 0 bridgehead atoms. The van der Waals surface area contributed by atoms with Gasteiger partial charge >= 0.3 is 0 Å². The van der Waals surface area contributed by atoms with Crippen LogP contribution in [0, 0.1) is 0 Å². The second kappa shape index (κ2) is 16.7. The summed E-state index contributed by atoms with van der Waals surface area (Å²) >= 11 is 0. The van der Waals surface area contributed by atoms with Crippen molar-refractivity contribution in [1.29, 1.82) is 0 Å². The fraction of sp³-hybridized carbons (Fsp3) is 0.0345. The van der Waals surface area contributed by atoms with Gasteiger partial charge in [-0.3, -0.25) is 0 Å². The molecule has 1 aliphatic rings. The highest BCUT2D eigenvalue weighted by molar-refractivity contribution is 6.01. The molecule has 286 valence electrons. The van der Waals surface area contributed by atoms with Crippen molar-refractivity contribution in [1.82, 2.24) is 0 Å². The van der Waals surface area contributed by atoms with E-state index in [2.05, 4.69) is 259 Å². The van der Waals surface area contributed by atoms with Gasteiger partial charge in [-0.15, -0.1) is 0 Å². The summed E-state index contributed by atoms with van der Waals surface area (Å²) in [5.41, 5.74) is 15.4. The van der Waals surface area contributed by atoms with Gasteiger partial charge in [0.2, 0.25) is 0 Å². The zero-order valence-corrected chi connectivity index (χ0v) is 33.4. The number of allylic oxidation sites excluding steroid dienone is 2. The Morgan fingerprint density at radius 2 is 0.833 bits per heavy atom. The maximum atomic E-state index is 2.47. The van der Waals surface area contributed by atoms with Crippen molar-refractivity contribution in [3.63, 3.8) is 0 Å². The van der Waals surface area contributed by atoms with Crippen LogP contribution in [-0.2, 0) is 0 Å². The van der Waals surface area contributed by atoms with E-state index in [4.69, 9.17) is 0 Å². The highest BCUT2D eigenvalue weighted by Crippen LogP contribution is 2.44. The van der Waals surface area contributed by atoms with Crippen LogP contribution in [-0.4, -0.2) is 6.04 Å². The second-order valence-electron chi connectivity index (χ2n) is 15.3. The predicted molar refractivity (Wildman–Crippen MR) is 255 cm³/mol. The van der Waals surface area contributed by atoms with Crippen LogP contribution in [0.1, 0.15) is 12.0 Å². The van der Waals surface area contributed by atoms with E-state index in [-0.39, 0.29) is 6.04 Å². The van der Waals surface area contributed by atoms with E-state index in [1.165, 1.54) is 61.0 Å². The smallest absolute Gasteiger partial charge is 0.0560 e. The molecule has 9 aromatic carbocycles. The number of anilines is 5. The summed E-state index contributed by atoms with van der Waals surface area (Å²) in [7, 11) is 0. The number of fused-ring (bicyclic) bond motifs is 1. The molecule has 0 spiro atoms. The van der Waals surface area contributed by atoms with Crippen molar-refractivity contribution in [3.8, 4) is 33.4 Å². The summed E-state index contributed by atoms with van der Waals surface area (Å²) in [6.45, 7) is 0. The van der Waals surface area contributed by atoms with E-state index < -0.39 is 0 Å². The maximum absolute atomic E-state index is 2.47. The van der Waals surface area contributed by atoms with Crippen molar-refractivity contribution in [2.75, 3.05) is 9.80 Å². The first-order chi connectivity index (χ1) is 29.8. The molecule has 2 heteroatoms. The molecular formula is C58H44N2. The van der Waals surface area contributed by atoms with Crippen molar-refractivity contribution in [3.05, 3.63) is 254 Å². The third kappa shape index (κ3) is 7.43. The molecule has 60 heavy (non-hydrogen) atoms. The molecule has 0 aliphatic heterocycles. The van der Waals surface area contributed by atoms with E-state index >= 15 is 0 Å². The highest BCUT2D eigenvalue weighted by atomic mass is 15.2. The summed E-state index contributed by atoms with van der Waals surface area (Å²) in [5, 5.41) is 2.44. The molecule has 1 atom stereocenters. The molecule has 1 aliphatic carbocycles. The zero-order valence-electron chi connectivity index (χ0n) is 33.4. The molecule has 0 saturated heterocycles. The molecule has 0 fully saturated rings. The molecule has 0 heterocycles. The molecule has 0 amide bonds. The van der Waals surface area contributed by atoms with Gasteiger partial charge in [0.15, 0.2) is 0 Å². The minimum atomic E-state index is 0.176. The zero-order chi connectivity index (χ0) is 40.1. The first-order valence-electron chi connectivity index (χ1n) is 20.8. The molecule has 0 radical (unpaired) electrons. The number of benzene rings is 9. The van der Waals surface area contributed by atoms with Crippen molar-refractivity contribution >= 4 is 44.8 Å². The Labute approximate surface area is 353 Å². The summed E-state index contributed by atoms with van der Waals surface area (Å²) in [5.74, 6) is 0. The lowest BCUT2D eigenvalue weighted by atomic mass is 9.95. The SMILES string of the molecule is C1=CC(N(c2ccc(-c3ccccc3)cc2)c2ccc(-c3ccc(-c4ccccc4N(c4ccccc4)c4cccc5ccccc45)cc3)cc2)CC=C1c1ccccc1. The van der Waals surface area contributed by atoms with Gasteiger partial charge in [-0.25, -0.2) is 0 Å². The van der Waals surface area contributed by atoms with Crippen molar-refractivity contribution in [2.45, 2.75) is 12.5 Å². The van der Waals surface area contributed by atoms with E-state index in [0.717, 1.165) is 29.2 Å². The number of hydrogen-bond acceptors (Lipinski definition) is 2. The Kier molecular flexibility index (Phi) is 10.2. The Morgan fingerprint density at radius 1 is 0.350 bits per heavy atom. The lowest BCUT2D eigenvalue weighted by Gasteiger charge is -2.33. The van der Waals surface area contributed by atoms with E-state index in [9.17, 15) is 0 Å². The van der Waals surface area contributed by atoms with E-state index in [0.29, 0.717) is 0 Å². The molecule has 9 aromatic rings. The van der Waals surface area contributed by atoms with Crippen LogP contribution in [0.15, 0.2) is 249 Å². The van der Waals surface area contributed by atoms with Crippen LogP contribution in [0.3, 0.4) is 0 Å². The van der Waals surface area contributed by atoms with Crippen molar-refractivity contribution < 1.29 is 0 Å². The molecule has 2 nitrogen and oxygen atoms in total. The van der Waals surface area contributed by atoms with Gasteiger partial charge in [0.1, 0.15) is 0 Å². The molecule has 1 unspecified atom stereocenters. The molecule has 0 saturated carbocycles. The summed E-state index contributed by atoms with van der Waals surface area (Å²) in [4.78, 5) is 4.87. The third-order valence-corrected chi connectivity index (χ3v) is 11.6. The highest BCUT2D eigenvalue weighted by Gasteiger charge is 2.22. The number of rotatable bonds is 10. The Balaban J connectivity index is 0.960. The number of nitrogens with zero attached hydrogens (tertiary/aromatic N) is 2. The van der Waals surface area contributed by atoms with Gasteiger partial charge < -0.3 is 9.80 Å². The lowest BCUT2D eigenvalue weighted by molar-refractivity contribution is 0.787. The molecular weight excluding hydrogens is 725 g/mol. The van der Waals surface area contributed by atoms with Gasteiger partial charge in [-0.05, 0) is 99.3 Å². The molecule has 0 N–H and O–H groups in total. The normalized spacial score (nSPS) is 13.5. The second-order valence-corrected chi connectivity index (χ2v) is 15.3. The van der Waals surface area contributed by atoms with Crippen LogP contribution < -0.4 is 9.80 Å². The van der Waals surface area contributed by atoms with Crippen LogP contribution in [0.25, 0.3) is 49.7 Å². The first-order valence-corrected chi connectivity index (χ1v) is 20.8. The number of hydrogen-bond donors (Lipinski definition) is 0. The standard InChI is InChI=1S/C58H44N2/c1-4-15-43(16-5-1)46-31-37-52(38-32-46)59(53-39-33-47(34-40-53)44-17-6-2-7-18-44)54-41-35-48(36-42-54)45-27-29-50(30-28-45)56-24-12-13-25-57(56)60(51-21-8-3-9-22-51)58-26-14-20-49-19-10-11-23-55(49)58/h1-39,41-42,53H,40H2. The quantitative estimate of drug-likeness (QED) is 0.137. The molecule has 10 rings (SSSR count). The number of para-hydroxylation sites is 2. The monoisotopic (exact) mass is 768 g/mol. The van der Waals surface area contributed by atoms with Crippen LogP contribution in [0.2, 0.25) is 0 Å². The summed E-state index contributed by atoms with van der Waals surface area (Å²) in [6, 6.07) is 83.2. The van der Waals surface area contributed by atoms with Gasteiger partial charge in [0.05, 0.1) is 17.4 Å². The predicted octanol–water partition coefficient (Wildman–Crippen LogP) is 15.9. The van der Waals surface area contributed by atoms with Crippen LogP contribution in [0.4, 0.5) is 28.4 Å². The average Bonchev–Trinajstić information content (AvgIpc) is 3.34. The molecule has 0 aromatic heterocycles. The first kappa shape index (κ1) is 36.6. The Hall–Kier alpha value is -7.68. The minimum absolute atomic E-state index is 0.176. The van der Waals surface area contributed by atoms with Gasteiger partial charge in [0.25, 0.3) is 0 Å². The van der Waals surface area contributed by atoms with Crippen LogP contribution in [0.5, 0.6) is 0 Å². The third-order valence-electron chi connectivity index (χ3n) is 11.6. The van der Waals surface area contributed by atoms with E-state index in [1.807, 2.05) is 0 Å². The van der Waals surface area contributed by atoms with Crippen molar-refractivity contribution in [2.24, 2.45) is 0 Å². The van der Waals surface area contributed by atoms with Gasteiger partial charge in [0, 0.05) is 28.0 Å². The maximum Gasteiger partial charge on any atom is 0.0560 e.